The number of aliphatic hydroxyl groups excluding tert-OH is 1. The second-order valence-electron chi connectivity index (χ2n) is 5.30. The van der Waals surface area contributed by atoms with Crippen LogP contribution in [0.3, 0.4) is 0 Å². The van der Waals surface area contributed by atoms with Crippen LogP contribution in [0.2, 0.25) is 0 Å². The van der Waals surface area contributed by atoms with Crippen LogP contribution in [0.5, 0.6) is 0 Å². The Bertz CT molecular complexity index is 575. The Hall–Kier alpha value is -1.74. The van der Waals surface area contributed by atoms with Crippen LogP contribution in [-0.2, 0) is 0 Å². The van der Waals surface area contributed by atoms with Gasteiger partial charge in [0.15, 0.2) is 0 Å². The molecule has 22 heavy (non-hydrogen) atoms. The maximum Gasteiger partial charge on any atom is 0.404 e. The number of carboxylic acid groups (broad SMARTS) is 1. The number of halogens is 1. The third-order valence-corrected chi connectivity index (χ3v) is 3.59. The molecule has 0 aliphatic heterocycles. The van der Waals surface area contributed by atoms with E-state index in [0.717, 1.165) is 12.0 Å². The predicted octanol–water partition coefficient (Wildman–Crippen LogP) is 2.07. The maximum atomic E-state index is 10.3. The Morgan fingerprint density at radius 3 is 2.73 bits per heavy atom. The van der Waals surface area contributed by atoms with Crippen LogP contribution in [0.4, 0.5) is 4.79 Å². The zero-order valence-corrected chi connectivity index (χ0v) is 12.9. The summed E-state index contributed by atoms with van der Waals surface area (Å²) < 4.78 is 0. The van der Waals surface area contributed by atoms with E-state index >= 15 is 0 Å². The molecule has 120 valence electrons. The highest BCUT2D eigenvalue weighted by Gasteiger charge is 2.32. The van der Waals surface area contributed by atoms with Gasteiger partial charge in [-0.15, -0.1) is 12.4 Å². The van der Waals surface area contributed by atoms with Crippen LogP contribution < -0.4 is 5.32 Å². The third kappa shape index (κ3) is 5.23. The molecule has 1 fully saturated rings. The van der Waals surface area contributed by atoms with Crippen molar-refractivity contribution in [2.45, 2.75) is 37.4 Å². The Morgan fingerprint density at radius 1 is 1.41 bits per heavy atom. The number of nitrogens with one attached hydrogen (secondary N) is 1. The average Bonchev–Trinajstić information content (AvgIpc) is 2.43. The summed E-state index contributed by atoms with van der Waals surface area (Å²) in [6.45, 7) is 0.187. The normalized spacial score (nSPS) is 16.3. The highest BCUT2D eigenvalue weighted by molar-refractivity contribution is 5.85. The number of benzene rings is 1. The van der Waals surface area contributed by atoms with E-state index in [4.69, 9.17) is 5.11 Å². The molecule has 1 amide bonds. The molecule has 0 aromatic heterocycles. The Kier molecular flexibility index (Phi) is 6.69. The molecule has 0 radical (unpaired) electrons. The summed E-state index contributed by atoms with van der Waals surface area (Å²) in [4.78, 5) is 10.3. The zero-order valence-electron chi connectivity index (χ0n) is 12.1. The highest BCUT2D eigenvalue weighted by Crippen LogP contribution is 2.30. The molecule has 0 saturated heterocycles. The van der Waals surface area contributed by atoms with Crippen molar-refractivity contribution in [3.8, 4) is 11.8 Å². The van der Waals surface area contributed by atoms with E-state index in [0.29, 0.717) is 24.8 Å². The van der Waals surface area contributed by atoms with Gasteiger partial charge in [-0.3, -0.25) is 0 Å². The Morgan fingerprint density at radius 2 is 2.14 bits per heavy atom. The van der Waals surface area contributed by atoms with Crippen molar-refractivity contribution < 1.29 is 20.1 Å². The number of hydrogen-bond acceptors (Lipinski definition) is 3. The lowest BCUT2D eigenvalue weighted by atomic mass is 9.81. The van der Waals surface area contributed by atoms with E-state index < -0.39 is 17.8 Å². The molecule has 6 heteroatoms. The number of carbonyl (C=O) groups is 1. The lowest BCUT2D eigenvalue weighted by molar-refractivity contribution is 0.0240. The summed E-state index contributed by atoms with van der Waals surface area (Å²) in [5.41, 5.74) is 0.577. The van der Waals surface area contributed by atoms with Crippen molar-refractivity contribution in [3.63, 3.8) is 0 Å². The molecular weight excluding hydrogens is 306 g/mol. The first kappa shape index (κ1) is 18.3. The summed E-state index contributed by atoms with van der Waals surface area (Å²) in [6.07, 6.45) is 0.876. The van der Waals surface area contributed by atoms with Crippen LogP contribution in [0, 0.1) is 11.8 Å². The quantitative estimate of drug-likeness (QED) is 0.638. The third-order valence-electron chi connectivity index (χ3n) is 3.59. The number of rotatable bonds is 4. The van der Waals surface area contributed by atoms with Gasteiger partial charge in [-0.2, -0.15) is 0 Å². The van der Waals surface area contributed by atoms with Crippen LogP contribution >= 0.6 is 12.4 Å². The fraction of sp³-hybridized carbons (Fsp3) is 0.438. The van der Waals surface area contributed by atoms with Gasteiger partial charge in [0.05, 0.1) is 6.10 Å². The van der Waals surface area contributed by atoms with Crippen molar-refractivity contribution in [1.29, 1.82) is 0 Å². The first-order valence-electron chi connectivity index (χ1n) is 6.99. The monoisotopic (exact) mass is 325 g/mol. The highest BCUT2D eigenvalue weighted by atomic mass is 35.5. The van der Waals surface area contributed by atoms with E-state index in [9.17, 15) is 15.0 Å². The van der Waals surface area contributed by atoms with Gasteiger partial charge in [0.1, 0.15) is 5.60 Å². The summed E-state index contributed by atoms with van der Waals surface area (Å²) in [5, 5.41) is 30.6. The van der Waals surface area contributed by atoms with Gasteiger partial charge >= 0.3 is 6.09 Å². The molecule has 2 rings (SSSR count). The average molecular weight is 326 g/mol. The first-order valence-corrected chi connectivity index (χ1v) is 6.99. The lowest BCUT2D eigenvalue weighted by Crippen LogP contribution is -2.34. The number of aliphatic hydroxyl groups is 2. The van der Waals surface area contributed by atoms with Crippen LogP contribution in [0.15, 0.2) is 24.3 Å². The Labute approximate surface area is 135 Å². The van der Waals surface area contributed by atoms with Gasteiger partial charge in [0, 0.05) is 12.1 Å². The van der Waals surface area contributed by atoms with Crippen molar-refractivity contribution in [3.05, 3.63) is 35.4 Å². The molecule has 1 aliphatic rings. The summed E-state index contributed by atoms with van der Waals surface area (Å²) >= 11 is 0. The maximum absolute atomic E-state index is 10.3. The van der Waals surface area contributed by atoms with E-state index in [1.54, 1.807) is 18.2 Å². The van der Waals surface area contributed by atoms with Crippen molar-refractivity contribution >= 4 is 18.5 Å². The minimum atomic E-state index is -1.10. The minimum absolute atomic E-state index is 0. The largest absolute Gasteiger partial charge is 0.465 e. The molecule has 1 aliphatic carbocycles. The van der Waals surface area contributed by atoms with Gasteiger partial charge in [0.25, 0.3) is 0 Å². The second-order valence-corrected chi connectivity index (χ2v) is 5.30. The molecule has 1 unspecified atom stereocenters. The first-order chi connectivity index (χ1) is 9.98. The van der Waals surface area contributed by atoms with Crippen molar-refractivity contribution in [1.82, 2.24) is 5.32 Å². The van der Waals surface area contributed by atoms with Crippen LogP contribution in [0.25, 0.3) is 0 Å². The minimum Gasteiger partial charge on any atom is -0.465 e. The molecule has 1 saturated carbocycles. The molecular formula is C16H20ClNO4. The predicted molar refractivity (Wildman–Crippen MR) is 85.0 cm³/mol. The molecule has 0 spiro atoms. The second kappa shape index (κ2) is 8.04. The fourth-order valence-electron chi connectivity index (χ4n) is 2.13. The van der Waals surface area contributed by atoms with Crippen molar-refractivity contribution in [2.75, 3.05) is 6.54 Å². The van der Waals surface area contributed by atoms with Gasteiger partial charge in [-0.1, -0.05) is 24.0 Å². The molecule has 1 aromatic carbocycles. The van der Waals surface area contributed by atoms with Crippen molar-refractivity contribution in [2.24, 2.45) is 0 Å². The molecule has 0 bridgehead atoms. The summed E-state index contributed by atoms with van der Waals surface area (Å²) in [5.74, 6) is 5.81. The smallest absolute Gasteiger partial charge is 0.404 e. The standard InChI is InChI=1S/C16H19NO4.ClH/c18-14(6-10-17-15(19)20)13-4-1-3-12(11-13)5-9-16(21)7-2-8-16;/h1,3-4,11,14,17-18,21H,2,6-8,10H2,(H,19,20);1H. The SMILES string of the molecule is Cl.O=C(O)NCCC(O)c1cccc(C#CC2(O)CCC2)c1. The summed E-state index contributed by atoms with van der Waals surface area (Å²) in [6, 6.07) is 7.15. The number of amides is 1. The number of hydrogen-bond donors (Lipinski definition) is 4. The van der Waals surface area contributed by atoms with E-state index in [1.807, 2.05) is 6.07 Å². The topological polar surface area (TPSA) is 89.8 Å². The molecule has 4 N–H and O–H groups in total. The van der Waals surface area contributed by atoms with E-state index in [-0.39, 0.29) is 19.0 Å². The lowest BCUT2D eigenvalue weighted by Gasteiger charge is -2.30. The van der Waals surface area contributed by atoms with Crippen LogP contribution in [-0.4, -0.2) is 33.6 Å². The van der Waals surface area contributed by atoms with E-state index in [2.05, 4.69) is 17.2 Å². The van der Waals surface area contributed by atoms with E-state index in [1.165, 1.54) is 0 Å². The fourth-order valence-corrected chi connectivity index (χ4v) is 2.13. The molecule has 0 heterocycles. The summed E-state index contributed by atoms with van der Waals surface area (Å²) in [7, 11) is 0. The van der Waals surface area contributed by atoms with Gasteiger partial charge < -0.3 is 20.6 Å². The van der Waals surface area contributed by atoms with Gasteiger partial charge in [0.2, 0.25) is 0 Å². The zero-order chi connectivity index (χ0) is 15.3. The Balaban J connectivity index is 0.00000242. The molecule has 5 nitrogen and oxygen atoms in total. The van der Waals surface area contributed by atoms with Gasteiger partial charge in [-0.25, -0.2) is 4.79 Å². The van der Waals surface area contributed by atoms with Crippen LogP contribution in [0.1, 0.15) is 42.9 Å². The molecule has 1 aromatic rings. The van der Waals surface area contributed by atoms with Gasteiger partial charge in [-0.05, 0) is 43.4 Å². The molecule has 1 atom stereocenters.